The van der Waals surface area contributed by atoms with Crippen molar-refractivity contribution in [1.29, 1.82) is 0 Å². The van der Waals surface area contributed by atoms with E-state index in [9.17, 15) is 8.42 Å². The van der Waals surface area contributed by atoms with E-state index in [4.69, 9.17) is 0 Å². The Bertz CT molecular complexity index is 332. The summed E-state index contributed by atoms with van der Waals surface area (Å²) in [7, 11) is -0.991. The topological polar surface area (TPSA) is 52.7 Å². The summed E-state index contributed by atoms with van der Waals surface area (Å²) in [5.41, 5.74) is 0. The van der Waals surface area contributed by atoms with Crippen molar-refractivity contribution in [1.82, 2.24) is 14.5 Å². The van der Waals surface area contributed by atoms with Crippen molar-refractivity contribution in [2.24, 2.45) is 0 Å². The van der Waals surface area contributed by atoms with Crippen LogP contribution in [-0.4, -0.2) is 69.2 Å². The van der Waals surface area contributed by atoms with Gasteiger partial charge in [0.25, 0.3) is 0 Å². The molecule has 1 fully saturated rings. The van der Waals surface area contributed by atoms with E-state index in [-0.39, 0.29) is 5.75 Å². The third kappa shape index (κ3) is 4.50. The van der Waals surface area contributed by atoms with E-state index in [1.165, 1.54) is 0 Å². The van der Waals surface area contributed by atoms with E-state index in [2.05, 4.69) is 24.2 Å². The lowest BCUT2D eigenvalue weighted by Crippen LogP contribution is -2.53. The highest BCUT2D eigenvalue weighted by Gasteiger charge is 2.30. The molecular weight excluding hydrogens is 250 g/mol. The van der Waals surface area contributed by atoms with Gasteiger partial charge in [0.1, 0.15) is 0 Å². The largest absolute Gasteiger partial charge is 0.317 e. The fraction of sp³-hybridized carbons (Fsp3) is 1.00. The van der Waals surface area contributed by atoms with Gasteiger partial charge in [0.2, 0.25) is 10.0 Å². The summed E-state index contributed by atoms with van der Waals surface area (Å²) in [6.45, 7) is 7.94. The molecule has 1 rings (SSSR count). The van der Waals surface area contributed by atoms with Crippen molar-refractivity contribution in [3.8, 4) is 0 Å². The second kappa shape index (κ2) is 7.43. The molecule has 6 heteroatoms. The van der Waals surface area contributed by atoms with Crippen molar-refractivity contribution < 1.29 is 8.42 Å². The molecular formula is C12H27N3O2S. The lowest BCUT2D eigenvalue weighted by atomic mass is 10.1. The minimum Gasteiger partial charge on any atom is -0.317 e. The maximum atomic E-state index is 12.2. The molecule has 1 aliphatic rings. The number of hydrogen-bond acceptors (Lipinski definition) is 4. The van der Waals surface area contributed by atoms with Gasteiger partial charge in [-0.05, 0) is 33.0 Å². The molecule has 0 aromatic carbocycles. The zero-order valence-corrected chi connectivity index (χ0v) is 12.7. The average molecular weight is 277 g/mol. The molecule has 0 radical (unpaired) electrons. The molecule has 108 valence electrons. The van der Waals surface area contributed by atoms with Gasteiger partial charge in [-0.25, -0.2) is 8.42 Å². The smallest absolute Gasteiger partial charge is 0.214 e. The van der Waals surface area contributed by atoms with E-state index < -0.39 is 10.0 Å². The third-order valence-electron chi connectivity index (χ3n) is 3.61. The summed E-state index contributed by atoms with van der Waals surface area (Å²) in [4.78, 5) is 2.25. The van der Waals surface area contributed by atoms with Crippen molar-refractivity contribution in [3.63, 3.8) is 0 Å². The Morgan fingerprint density at radius 2 is 2.00 bits per heavy atom. The standard InChI is InChI=1S/C12H27N3O2S/c1-4-12-11-15(9-8-14(12)3)18(16,17)10-6-7-13-5-2/h12-13H,4-11H2,1-3H3. The SMILES string of the molecule is CCNCCCS(=O)(=O)N1CCN(C)C(CC)C1. The Kier molecular flexibility index (Phi) is 6.55. The summed E-state index contributed by atoms with van der Waals surface area (Å²) < 4.78 is 26.1. The monoisotopic (exact) mass is 277 g/mol. The van der Waals surface area contributed by atoms with E-state index in [1.807, 2.05) is 6.92 Å². The predicted octanol–water partition coefficient (Wildman–Crippen LogP) is 0.342. The summed E-state index contributed by atoms with van der Waals surface area (Å²) in [5, 5.41) is 3.16. The summed E-state index contributed by atoms with van der Waals surface area (Å²) >= 11 is 0. The highest BCUT2D eigenvalue weighted by atomic mass is 32.2. The first-order valence-corrected chi connectivity index (χ1v) is 8.51. The zero-order valence-electron chi connectivity index (χ0n) is 11.9. The minimum atomic E-state index is -3.06. The van der Waals surface area contributed by atoms with Crippen LogP contribution in [0.1, 0.15) is 26.7 Å². The molecule has 1 aliphatic heterocycles. The van der Waals surface area contributed by atoms with Crippen molar-refractivity contribution >= 4 is 10.0 Å². The van der Waals surface area contributed by atoms with Gasteiger partial charge >= 0.3 is 0 Å². The molecule has 1 atom stereocenters. The summed E-state index contributed by atoms with van der Waals surface area (Å²) in [6.07, 6.45) is 1.69. The average Bonchev–Trinajstić information content (AvgIpc) is 2.35. The van der Waals surface area contributed by atoms with Crippen LogP contribution in [0.2, 0.25) is 0 Å². The Morgan fingerprint density at radius 3 is 2.61 bits per heavy atom. The van der Waals surface area contributed by atoms with Gasteiger partial charge in [-0.2, -0.15) is 4.31 Å². The van der Waals surface area contributed by atoms with Crippen LogP contribution in [0.25, 0.3) is 0 Å². The number of hydrogen-bond donors (Lipinski definition) is 1. The van der Waals surface area contributed by atoms with Crippen LogP contribution in [0.5, 0.6) is 0 Å². The lowest BCUT2D eigenvalue weighted by Gasteiger charge is -2.38. The van der Waals surface area contributed by atoms with Crippen LogP contribution in [-0.2, 0) is 10.0 Å². The Morgan fingerprint density at radius 1 is 1.28 bits per heavy atom. The maximum Gasteiger partial charge on any atom is 0.214 e. The van der Waals surface area contributed by atoms with Crippen LogP contribution in [0.15, 0.2) is 0 Å². The first kappa shape index (κ1) is 15.9. The van der Waals surface area contributed by atoms with Crippen molar-refractivity contribution in [3.05, 3.63) is 0 Å². The van der Waals surface area contributed by atoms with Gasteiger partial charge < -0.3 is 10.2 Å². The number of piperazine rings is 1. The minimum absolute atomic E-state index is 0.264. The third-order valence-corrected chi connectivity index (χ3v) is 5.53. The highest BCUT2D eigenvalue weighted by Crippen LogP contribution is 2.14. The Balaban J connectivity index is 2.47. The lowest BCUT2D eigenvalue weighted by molar-refractivity contribution is 0.144. The number of sulfonamides is 1. The molecule has 0 aromatic heterocycles. The molecule has 0 saturated carbocycles. The number of likely N-dealkylation sites (N-methyl/N-ethyl adjacent to an activating group) is 1. The van der Waals surface area contributed by atoms with E-state index in [1.54, 1.807) is 4.31 Å². The molecule has 1 heterocycles. The quantitative estimate of drug-likeness (QED) is 0.682. The van der Waals surface area contributed by atoms with Gasteiger partial charge in [0.05, 0.1) is 5.75 Å². The second-order valence-corrected chi connectivity index (χ2v) is 7.01. The van der Waals surface area contributed by atoms with Gasteiger partial charge in [-0.3, -0.25) is 0 Å². The number of nitrogens with one attached hydrogen (secondary N) is 1. The van der Waals surface area contributed by atoms with E-state index >= 15 is 0 Å². The Hall–Kier alpha value is -0.170. The molecule has 1 N–H and O–H groups in total. The second-order valence-electron chi connectivity index (χ2n) is 4.92. The van der Waals surface area contributed by atoms with Crippen LogP contribution in [0, 0.1) is 0 Å². The highest BCUT2D eigenvalue weighted by molar-refractivity contribution is 7.89. The van der Waals surface area contributed by atoms with Crippen LogP contribution >= 0.6 is 0 Å². The fourth-order valence-corrected chi connectivity index (χ4v) is 3.82. The van der Waals surface area contributed by atoms with E-state index in [0.717, 1.165) is 26.1 Å². The number of rotatable bonds is 7. The van der Waals surface area contributed by atoms with E-state index in [0.29, 0.717) is 25.6 Å². The first-order valence-electron chi connectivity index (χ1n) is 6.90. The van der Waals surface area contributed by atoms with Crippen LogP contribution in [0.3, 0.4) is 0 Å². The fourth-order valence-electron chi connectivity index (χ4n) is 2.30. The van der Waals surface area contributed by atoms with Gasteiger partial charge in [0, 0.05) is 25.7 Å². The maximum absolute atomic E-state index is 12.2. The van der Waals surface area contributed by atoms with Gasteiger partial charge in [-0.1, -0.05) is 13.8 Å². The van der Waals surface area contributed by atoms with Crippen LogP contribution in [0.4, 0.5) is 0 Å². The Labute approximate surface area is 112 Å². The molecule has 5 nitrogen and oxygen atoms in total. The molecule has 1 saturated heterocycles. The molecule has 0 bridgehead atoms. The summed E-state index contributed by atoms with van der Waals surface area (Å²) in [6, 6.07) is 0.363. The first-order chi connectivity index (χ1) is 8.51. The summed E-state index contributed by atoms with van der Waals surface area (Å²) in [5.74, 6) is 0.264. The van der Waals surface area contributed by atoms with Crippen molar-refractivity contribution in [2.75, 3.05) is 45.5 Å². The van der Waals surface area contributed by atoms with Crippen molar-refractivity contribution in [2.45, 2.75) is 32.7 Å². The van der Waals surface area contributed by atoms with Crippen LogP contribution < -0.4 is 5.32 Å². The number of nitrogens with zero attached hydrogens (tertiary/aromatic N) is 2. The molecule has 1 unspecified atom stereocenters. The van der Waals surface area contributed by atoms with Gasteiger partial charge in [-0.15, -0.1) is 0 Å². The zero-order chi connectivity index (χ0) is 13.6. The molecule has 0 spiro atoms. The molecule has 0 amide bonds. The molecule has 18 heavy (non-hydrogen) atoms. The van der Waals surface area contributed by atoms with Gasteiger partial charge in [0.15, 0.2) is 0 Å². The molecule has 0 aliphatic carbocycles. The normalized spacial score (nSPS) is 23.4. The molecule has 0 aromatic rings. The predicted molar refractivity (Wildman–Crippen MR) is 75.2 cm³/mol.